The molecule has 0 aliphatic rings. The molecule has 16 heavy (non-hydrogen) atoms. The molecule has 2 heterocycles. The number of hydrogen-bond donors (Lipinski definition) is 2. The first-order chi connectivity index (χ1) is 7.79. The van der Waals surface area contributed by atoms with E-state index in [1.807, 2.05) is 11.4 Å². The van der Waals surface area contributed by atoms with E-state index in [0.29, 0.717) is 11.5 Å². The fourth-order valence-electron chi connectivity index (χ4n) is 1.39. The second kappa shape index (κ2) is 4.94. The number of carbonyl (C=O) groups is 1. The van der Waals surface area contributed by atoms with Crippen molar-refractivity contribution >= 4 is 23.2 Å². The van der Waals surface area contributed by atoms with Crippen molar-refractivity contribution in [1.82, 2.24) is 9.97 Å². The molecule has 1 amide bonds. The highest BCUT2D eigenvalue weighted by atomic mass is 32.1. The predicted octanol–water partition coefficient (Wildman–Crippen LogP) is 2.68. The summed E-state index contributed by atoms with van der Waals surface area (Å²) in [4.78, 5) is 19.8. The second-order valence-corrected chi connectivity index (χ2v) is 4.44. The van der Waals surface area contributed by atoms with Gasteiger partial charge in [-0.05, 0) is 12.5 Å². The van der Waals surface area contributed by atoms with E-state index >= 15 is 0 Å². The summed E-state index contributed by atoms with van der Waals surface area (Å²) in [5.41, 5.74) is 0.699. The van der Waals surface area contributed by atoms with E-state index in [1.54, 1.807) is 23.7 Å². The zero-order valence-electron chi connectivity index (χ0n) is 8.99. The Morgan fingerprint density at radius 3 is 3.19 bits per heavy atom. The normalized spacial score (nSPS) is 10.3. The number of nitrogens with zero attached hydrogens (tertiary/aromatic N) is 1. The van der Waals surface area contributed by atoms with Gasteiger partial charge in [-0.1, -0.05) is 13.3 Å². The van der Waals surface area contributed by atoms with Crippen molar-refractivity contribution in [3.8, 4) is 0 Å². The Labute approximate surface area is 97.7 Å². The Balaban J connectivity index is 2.03. The number of H-pyrrole nitrogens is 1. The van der Waals surface area contributed by atoms with Gasteiger partial charge in [0.1, 0.15) is 0 Å². The lowest BCUT2D eigenvalue weighted by Gasteiger charge is -1.98. The highest BCUT2D eigenvalue weighted by molar-refractivity contribution is 7.10. The van der Waals surface area contributed by atoms with E-state index in [0.717, 1.165) is 12.8 Å². The van der Waals surface area contributed by atoms with E-state index < -0.39 is 0 Å². The molecule has 2 aromatic heterocycles. The van der Waals surface area contributed by atoms with E-state index in [-0.39, 0.29) is 5.91 Å². The van der Waals surface area contributed by atoms with Crippen LogP contribution < -0.4 is 5.32 Å². The van der Waals surface area contributed by atoms with Gasteiger partial charge < -0.3 is 4.98 Å². The molecule has 0 radical (unpaired) electrons. The van der Waals surface area contributed by atoms with Crippen molar-refractivity contribution < 1.29 is 4.79 Å². The predicted molar refractivity (Wildman–Crippen MR) is 64.9 cm³/mol. The van der Waals surface area contributed by atoms with Crippen molar-refractivity contribution in [2.24, 2.45) is 0 Å². The van der Waals surface area contributed by atoms with Gasteiger partial charge in [0, 0.05) is 22.7 Å². The molecule has 0 fully saturated rings. The highest BCUT2D eigenvalue weighted by Crippen LogP contribution is 2.17. The maximum Gasteiger partial charge on any atom is 0.258 e. The van der Waals surface area contributed by atoms with E-state index in [2.05, 4.69) is 22.2 Å². The minimum atomic E-state index is -0.117. The van der Waals surface area contributed by atoms with Crippen LogP contribution >= 0.6 is 11.3 Å². The number of amides is 1. The number of nitrogens with one attached hydrogen (secondary N) is 2. The molecule has 0 aliphatic heterocycles. The lowest BCUT2D eigenvalue weighted by molar-refractivity contribution is 0.102. The third kappa shape index (κ3) is 2.49. The zero-order chi connectivity index (χ0) is 11.4. The molecule has 0 spiro atoms. The summed E-state index contributed by atoms with van der Waals surface area (Å²) in [6, 6.07) is 1.94. The van der Waals surface area contributed by atoms with Gasteiger partial charge in [0.25, 0.3) is 5.91 Å². The molecule has 0 unspecified atom stereocenters. The minimum absolute atomic E-state index is 0.117. The number of rotatable bonds is 4. The van der Waals surface area contributed by atoms with Gasteiger partial charge >= 0.3 is 0 Å². The maximum atomic E-state index is 11.8. The number of imidazole rings is 1. The van der Waals surface area contributed by atoms with Crippen molar-refractivity contribution in [3.05, 3.63) is 34.3 Å². The van der Waals surface area contributed by atoms with Crippen LogP contribution in [0.2, 0.25) is 0 Å². The van der Waals surface area contributed by atoms with Gasteiger partial charge in [-0.3, -0.25) is 10.1 Å². The van der Waals surface area contributed by atoms with Crippen LogP contribution in [0.4, 0.5) is 5.95 Å². The van der Waals surface area contributed by atoms with Crippen LogP contribution in [0.15, 0.2) is 23.8 Å². The minimum Gasteiger partial charge on any atom is -0.331 e. The molecule has 2 rings (SSSR count). The fraction of sp³-hybridized carbons (Fsp3) is 0.273. The standard InChI is InChI=1S/C11H13N3OS/c1-2-3-9-6-8(7-16-9)10(15)14-11-12-4-5-13-11/h4-7H,2-3H2,1H3,(H2,12,13,14,15). The Kier molecular flexibility index (Phi) is 3.36. The average molecular weight is 235 g/mol. The van der Waals surface area contributed by atoms with E-state index in [1.165, 1.54) is 4.88 Å². The SMILES string of the molecule is CCCc1cc(C(=O)Nc2ncc[nH]2)cs1. The molecular formula is C11H13N3OS. The number of thiophene rings is 1. The molecule has 84 valence electrons. The van der Waals surface area contributed by atoms with Gasteiger partial charge in [0.2, 0.25) is 5.95 Å². The number of aryl methyl sites for hydroxylation is 1. The van der Waals surface area contributed by atoms with Crippen LogP contribution in [0.1, 0.15) is 28.6 Å². The molecule has 0 aliphatic carbocycles. The largest absolute Gasteiger partial charge is 0.331 e. The average Bonchev–Trinajstić information content (AvgIpc) is 2.89. The van der Waals surface area contributed by atoms with Crippen LogP contribution in [0.5, 0.6) is 0 Å². The molecule has 2 aromatic rings. The van der Waals surface area contributed by atoms with Crippen molar-refractivity contribution in [3.63, 3.8) is 0 Å². The molecule has 4 nitrogen and oxygen atoms in total. The molecule has 5 heteroatoms. The van der Waals surface area contributed by atoms with Crippen LogP contribution in [0, 0.1) is 0 Å². The topological polar surface area (TPSA) is 57.8 Å². The van der Waals surface area contributed by atoms with Gasteiger partial charge in [-0.25, -0.2) is 4.98 Å². The molecule has 0 saturated carbocycles. The maximum absolute atomic E-state index is 11.8. The Bertz CT molecular complexity index is 461. The zero-order valence-corrected chi connectivity index (χ0v) is 9.80. The van der Waals surface area contributed by atoms with Gasteiger partial charge in [-0.2, -0.15) is 0 Å². The Hall–Kier alpha value is -1.62. The summed E-state index contributed by atoms with van der Waals surface area (Å²) in [7, 11) is 0. The summed E-state index contributed by atoms with van der Waals surface area (Å²) in [6.07, 6.45) is 5.40. The monoisotopic (exact) mass is 235 g/mol. The van der Waals surface area contributed by atoms with Gasteiger partial charge in [0.15, 0.2) is 0 Å². The third-order valence-electron chi connectivity index (χ3n) is 2.14. The van der Waals surface area contributed by atoms with E-state index in [4.69, 9.17) is 0 Å². The van der Waals surface area contributed by atoms with Gasteiger partial charge in [0.05, 0.1) is 5.56 Å². The van der Waals surface area contributed by atoms with Crippen molar-refractivity contribution in [1.29, 1.82) is 0 Å². The first kappa shape index (κ1) is 10.9. The lowest BCUT2D eigenvalue weighted by Crippen LogP contribution is -2.11. The van der Waals surface area contributed by atoms with Gasteiger partial charge in [-0.15, -0.1) is 11.3 Å². The smallest absolute Gasteiger partial charge is 0.258 e. The number of aromatic amines is 1. The first-order valence-electron chi connectivity index (χ1n) is 5.17. The van der Waals surface area contributed by atoms with Crippen LogP contribution in [0.25, 0.3) is 0 Å². The van der Waals surface area contributed by atoms with Crippen LogP contribution in [-0.2, 0) is 6.42 Å². The van der Waals surface area contributed by atoms with Crippen LogP contribution in [-0.4, -0.2) is 15.9 Å². The number of carbonyl (C=O) groups excluding carboxylic acids is 1. The van der Waals surface area contributed by atoms with E-state index in [9.17, 15) is 4.79 Å². The molecule has 2 N–H and O–H groups in total. The highest BCUT2D eigenvalue weighted by Gasteiger charge is 2.09. The second-order valence-electron chi connectivity index (χ2n) is 3.44. The molecule has 0 aromatic carbocycles. The third-order valence-corrected chi connectivity index (χ3v) is 3.14. The molecular weight excluding hydrogens is 222 g/mol. The first-order valence-corrected chi connectivity index (χ1v) is 6.05. The summed E-state index contributed by atoms with van der Waals surface area (Å²) in [6.45, 7) is 2.13. The summed E-state index contributed by atoms with van der Waals surface area (Å²) in [5, 5.41) is 4.57. The molecule has 0 bridgehead atoms. The van der Waals surface area contributed by atoms with Crippen molar-refractivity contribution in [2.75, 3.05) is 5.32 Å². The number of aromatic nitrogens is 2. The lowest BCUT2D eigenvalue weighted by atomic mass is 10.2. The van der Waals surface area contributed by atoms with Crippen molar-refractivity contribution in [2.45, 2.75) is 19.8 Å². The summed E-state index contributed by atoms with van der Waals surface area (Å²) in [5.74, 6) is 0.363. The molecule has 0 saturated heterocycles. The summed E-state index contributed by atoms with van der Waals surface area (Å²) >= 11 is 1.62. The summed E-state index contributed by atoms with van der Waals surface area (Å²) < 4.78 is 0. The number of hydrogen-bond acceptors (Lipinski definition) is 3. The quantitative estimate of drug-likeness (QED) is 0.856. The number of anilines is 1. The Morgan fingerprint density at radius 2 is 2.50 bits per heavy atom. The molecule has 0 atom stereocenters. The fourth-order valence-corrected chi connectivity index (χ4v) is 2.36. The van der Waals surface area contributed by atoms with Crippen LogP contribution in [0.3, 0.4) is 0 Å². The Morgan fingerprint density at radius 1 is 1.62 bits per heavy atom.